The molecule has 0 saturated heterocycles. The minimum atomic E-state index is -0.592. The Labute approximate surface area is 218 Å². The summed E-state index contributed by atoms with van der Waals surface area (Å²) in [5.74, 6) is 2.90. The number of benzene rings is 3. The molecule has 0 N–H and O–H groups in total. The first-order valence-electron chi connectivity index (χ1n) is 11.4. The van der Waals surface area contributed by atoms with Gasteiger partial charge in [-0.2, -0.15) is 0 Å². The van der Waals surface area contributed by atoms with Gasteiger partial charge in [-0.1, -0.05) is 84.9 Å². The van der Waals surface area contributed by atoms with E-state index in [1.54, 1.807) is 0 Å². The molecular weight excluding hydrogens is 473 g/mol. The molecule has 34 heavy (non-hydrogen) atoms. The van der Waals surface area contributed by atoms with E-state index >= 15 is 0 Å². The molecule has 1 nitrogen and oxygen atoms in total. The van der Waals surface area contributed by atoms with Crippen LogP contribution in [-0.4, -0.2) is 19.0 Å². The minimum Gasteiger partial charge on any atom is -0.302 e. The molecule has 2 saturated carbocycles. The minimum absolute atomic E-state index is 0. The Hall–Kier alpha value is -1.43. The van der Waals surface area contributed by atoms with Crippen LogP contribution in [0.2, 0.25) is 0 Å². The summed E-state index contributed by atoms with van der Waals surface area (Å²) in [4.78, 5) is 2.36. The summed E-state index contributed by atoms with van der Waals surface area (Å²) < 4.78 is 0. The fourth-order valence-electron chi connectivity index (χ4n) is 4.77. The largest absolute Gasteiger partial charge is 2.00 e. The standard InChI is InChI=1S/C26H23NP.C5H5.Fe/c1-27(2)26-23-16-10-9-15-21(23)22-17-18-24(25(22)26)28(19-11-5-3-6-12-19)20-13-7-4-8-14-20;1-2-4-5-3-1;/h3-18,26H,1-2H3;1-5H;/q;;+2/t26-;;/m1../s1. The van der Waals surface area contributed by atoms with Crippen molar-refractivity contribution in [3.8, 4) is 0 Å². The van der Waals surface area contributed by atoms with Crippen molar-refractivity contribution in [2.45, 2.75) is 6.04 Å². The molecule has 2 fully saturated rings. The van der Waals surface area contributed by atoms with Crippen molar-refractivity contribution in [1.82, 2.24) is 4.90 Å². The van der Waals surface area contributed by atoms with Gasteiger partial charge in [-0.3, -0.25) is 0 Å². The van der Waals surface area contributed by atoms with Gasteiger partial charge >= 0.3 is 17.1 Å². The van der Waals surface area contributed by atoms with E-state index in [1.165, 1.54) is 39.2 Å². The summed E-state index contributed by atoms with van der Waals surface area (Å²) in [6, 6.07) is 31.2. The molecule has 3 aliphatic rings. The molecule has 10 radical (unpaired) electrons. The average molecular weight is 501 g/mol. The summed E-state index contributed by atoms with van der Waals surface area (Å²) in [6.07, 6.45) is 14.7. The predicted octanol–water partition coefficient (Wildman–Crippen LogP) is 5.91. The smallest absolute Gasteiger partial charge is 0.302 e. The van der Waals surface area contributed by atoms with Gasteiger partial charge in [0, 0.05) is 23.5 Å². The van der Waals surface area contributed by atoms with E-state index in [-0.39, 0.29) is 17.1 Å². The number of hydrogen-bond donors (Lipinski definition) is 0. The second-order valence-electron chi connectivity index (χ2n) is 8.47. The fraction of sp³-hybridized carbons (Fsp3) is 0.0968. The molecule has 6 rings (SSSR count). The van der Waals surface area contributed by atoms with Crippen LogP contribution in [0.1, 0.15) is 17.2 Å². The monoisotopic (exact) mass is 501 g/mol. The van der Waals surface area contributed by atoms with Gasteiger partial charge in [-0.05, 0) is 88.7 Å². The van der Waals surface area contributed by atoms with Crippen molar-refractivity contribution in [1.29, 1.82) is 0 Å². The van der Waals surface area contributed by atoms with Crippen molar-refractivity contribution in [3.05, 3.63) is 158 Å². The van der Waals surface area contributed by atoms with Crippen LogP contribution < -0.4 is 10.6 Å². The third kappa shape index (κ3) is 5.22. The molecule has 0 unspecified atom stereocenters. The zero-order valence-electron chi connectivity index (χ0n) is 19.4. The molecule has 1 atom stereocenters. The molecule has 0 bridgehead atoms. The fourth-order valence-corrected chi connectivity index (χ4v) is 7.27. The molecule has 0 spiro atoms. The maximum atomic E-state index is 2.38. The van der Waals surface area contributed by atoms with Gasteiger partial charge in [0.1, 0.15) is 0 Å². The van der Waals surface area contributed by atoms with Crippen LogP contribution in [0.4, 0.5) is 0 Å². The number of hydrogen-bond acceptors (Lipinski definition) is 1. The molecule has 168 valence electrons. The molecule has 3 aromatic carbocycles. The molecule has 3 aliphatic carbocycles. The van der Waals surface area contributed by atoms with Gasteiger partial charge in [-0.25, -0.2) is 0 Å². The van der Waals surface area contributed by atoms with Gasteiger partial charge in [0.15, 0.2) is 0 Å². The van der Waals surface area contributed by atoms with Crippen molar-refractivity contribution >= 4 is 18.5 Å². The molecule has 0 heterocycles. The summed E-state index contributed by atoms with van der Waals surface area (Å²) in [5.41, 5.74) is 4.30. The second kappa shape index (κ2) is 12.0. The number of nitrogens with zero attached hydrogens (tertiary/aromatic N) is 1. The first-order valence-corrected chi connectivity index (χ1v) is 12.7. The molecule has 0 amide bonds. The van der Waals surface area contributed by atoms with E-state index in [4.69, 9.17) is 0 Å². The zero-order valence-corrected chi connectivity index (χ0v) is 21.4. The first-order chi connectivity index (χ1) is 16.3. The van der Waals surface area contributed by atoms with Crippen LogP contribution in [0.15, 0.2) is 84.9 Å². The van der Waals surface area contributed by atoms with Crippen LogP contribution in [0, 0.1) is 62.4 Å². The summed E-state index contributed by atoms with van der Waals surface area (Å²) >= 11 is 0. The van der Waals surface area contributed by atoms with Crippen LogP contribution in [0.5, 0.6) is 0 Å². The molecule has 3 aromatic rings. The van der Waals surface area contributed by atoms with E-state index in [2.05, 4.69) is 117 Å². The topological polar surface area (TPSA) is 3.24 Å². The second-order valence-corrected chi connectivity index (χ2v) is 10.7. The predicted molar refractivity (Wildman–Crippen MR) is 141 cm³/mol. The molecular formula is C31H28FeNP+2. The van der Waals surface area contributed by atoms with Gasteiger partial charge in [-0.15, -0.1) is 0 Å². The van der Waals surface area contributed by atoms with Gasteiger partial charge in [0.2, 0.25) is 0 Å². The van der Waals surface area contributed by atoms with Crippen LogP contribution in [0.3, 0.4) is 0 Å². The van der Waals surface area contributed by atoms with Crippen LogP contribution >= 0.6 is 7.92 Å². The van der Waals surface area contributed by atoms with E-state index < -0.39 is 7.92 Å². The third-order valence-electron chi connectivity index (χ3n) is 6.13. The number of fused-ring (bicyclic) bond motifs is 3. The summed E-state index contributed by atoms with van der Waals surface area (Å²) in [7, 11) is 3.80. The van der Waals surface area contributed by atoms with E-state index in [1.807, 2.05) is 32.1 Å². The van der Waals surface area contributed by atoms with Crippen molar-refractivity contribution in [3.63, 3.8) is 0 Å². The SMILES string of the molecule is CN(C)[C@H]1[C]2[C]([CH][CH][C]2P(c2ccccc2)c2ccccc2)c2ccccc21.[CH]1[CH][CH][CH][CH]1.[Fe+2]. The molecule has 0 aromatic heterocycles. The van der Waals surface area contributed by atoms with E-state index in [0.717, 1.165) is 0 Å². The Balaban J connectivity index is 0.000000407. The van der Waals surface area contributed by atoms with Crippen molar-refractivity contribution in [2.24, 2.45) is 0 Å². The van der Waals surface area contributed by atoms with Gasteiger partial charge in [0.25, 0.3) is 0 Å². The van der Waals surface area contributed by atoms with Crippen LogP contribution in [-0.2, 0) is 17.1 Å². The van der Waals surface area contributed by atoms with Crippen LogP contribution in [0.25, 0.3) is 0 Å². The maximum absolute atomic E-state index is 2.38. The maximum Gasteiger partial charge on any atom is 2.00 e. The third-order valence-corrected chi connectivity index (χ3v) is 8.64. The Bertz CT molecular complexity index is 971. The Morgan fingerprint density at radius 2 is 1.12 bits per heavy atom. The Morgan fingerprint density at radius 1 is 0.618 bits per heavy atom. The van der Waals surface area contributed by atoms with E-state index in [0.29, 0.717) is 6.04 Å². The Kier molecular flexibility index (Phi) is 9.06. The Morgan fingerprint density at radius 3 is 1.65 bits per heavy atom. The van der Waals surface area contributed by atoms with Gasteiger partial charge < -0.3 is 4.90 Å². The quantitative estimate of drug-likeness (QED) is 0.318. The van der Waals surface area contributed by atoms with E-state index in [9.17, 15) is 0 Å². The molecule has 3 heteroatoms. The number of rotatable bonds is 4. The first kappa shape index (κ1) is 25.7. The van der Waals surface area contributed by atoms with Crippen molar-refractivity contribution in [2.75, 3.05) is 14.1 Å². The van der Waals surface area contributed by atoms with Crippen molar-refractivity contribution < 1.29 is 17.1 Å². The normalized spacial score (nSPS) is 20.1. The summed E-state index contributed by atoms with van der Waals surface area (Å²) in [5, 5.41) is 2.82. The zero-order chi connectivity index (χ0) is 22.6. The average Bonchev–Trinajstić information content (AvgIpc) is 3.61. The molecule has 0 aliphatic heterocycles. The van der Waals surface area contributed by atoms with Gasteiger partial charge in [0.05, 0.1) is 0 Å². The summed E-state index contributed by atoms with van der Waals surface area (Å²) in [6.45, 7) is 0.